The number of aromatic nitrogens is 4. The molecule has 7 heteroatoms. The lowest BCUT2D eigenvalue weighted by Gasteiger charge is -2.24. The van der Waals surface area contributed by atoms with E-state index in [0.29, 0.717) is 0 Å². The lowest BCUT2D eigenvalue weighted by molar-refractivity contribution is 0.285. The Morgan fingerprint density at radius 1 is 1.00 bits per heavy atom. The Kier molecular flexibility index (Phi) is 5.02. The second kappa shape index (κ2) is 7.47. The second-order valence-corrected chi connectivity index (χ2v) is 8.40. The summed E-state index contributed by atoms with van der Waals surface area (Å²) >= 11 is 0. The molecule has 0 saturated carbocycles. The zero-order chi connectivity index (χ0) is 19.7. The molecule has 28 heavy (non-hydrogen) atoms. The van der Waals surface area contributed by atoms with Crippen molar-refractivity contribution in [1.29, 1.82) is 0 Å². The number of rotatable bonds is 3. The van der Waals surface area contributed by atoms with Gasteiger partial charge in [-0.2, -0.15) is 5.10 Å². The molecule has 1 aliphatic heterocycles. The van der Waals surface area contributed by atoms with E-state index in [-0.39, 0.29) is 11.4 Å². The van der Waals surface area contributed by atoms with Crippen LogP contribution in [0.1, 0.15) is 32.8 Å². The molecule has 2 aromatic heterocycles. The van der Waals surface area contributed by atoms with Gasteiger partial charge in [-0.05, 0) is 44.9 Å². The summed E-state index contributed by atoms with van der Waals surface area (Å²) < 4.78 is 15.1. The van der Waals surface area contributed by atoms with Gasteiger partial charge in [0.2, 0.25) is 0 Å². The number of benzene rings is 1. The Labute approximate surface area is 165 Å². The molecule has 0 unspecified atom stereocenters. The number of anilines is 1. The van der Waals surface area contributed by atoms with E-state index in [0.717, 1.165) is 61.6 Å². The average molecular weight is 382 g/mol. The van der Waals surface area contributed by atoms with Crippen molar-refractivity contribution in [3.05, 3.63) is 48.2 Å². The van der Waals surface area contributed by atoms with Crippen molar-refractivity contribution in [2.24, 2.45) is 0 Å². The molecule has 4 rings (SSSR count). The molecular formula is C21H27FN6. The van der Waals surface area contributed by atoms with Crippen LogP contribution < -0.4 is 4.90 Å². The van der Waals surface area contributed by atoms with Crippen LogP contribution in [-0.4, -0.2) is 50.8 Å². The minimum Gasteiger partial charge on any atom is -0.355 e. The summed E-state index contributed by atoms with van der Waals surface area (Å²) in [5, 5.41) is 5.57. The van der Waals surface area contributed by atoms with E-state index in [1.165, 1.54) is 12.1 Å². The smallest absolute Gasteiger partial charge is 0.163 e. The molecule has 0 amide bonds. The van der Waals surface area contributed by atoms with Crippen LogP contribution in [0.3, 0.4) is 0 Å². The molecule has 1 aliphatic rings. The van der Waals surface area contributed by atoms with Crippen molar-refractivity contribution in [1.82, 2.24) is 24.6 Å². The highest BCUT2D eigenvalue weighted by Crippen LogP contribution is 2.27. The van der Waals surface area contributed by atoms with Crippen molar-refractivity contribution in [3.8, 4) is 0 Å². The molecule has 1 saturated heterocycles. The first kappa shape index (κ1) is 18.8. The van der Waals surface area contributed by atoms with E-state index in [1.807, 2.05) is 23.0 Å². The van der Waals surface area contributed by atoms with Gasteiger partial charge in [-0.3, -0.25) is 4.90 Å². The summed E-state index contributed by atoms with van der Waals surface area (Å²) in [5.41, 5.74) is 1.90. The maximum absolute atomic E-state index is 13.1. The highest BCUT2D eigenvalue weighted by molar-refractivity contribution is 5.86. The topological polar surface area (TPSA) is 50.1 Å². The van der Waals surface area contributed by atoms with Crippen LogP contribution in [0.2, 0.25) is 0 Å². The Bertz CT molecular complexity index is 944. The van der Waals surface area contributed by atoms with Crippen molar-refractivity contribution in [3.63, 3.8) is 0 Å². The minimum atomic E-state index is -0.186. The third kappa shape index (κ3) is 3.85. The van der Waals surface area contributed by atoms with Crippen LogP contribution in [0.15, 0.2) is 36.8 Å². The van der Waals surface area contributed by atoms with Crippen molar-refractivity contribution in [2.75, 3.05) is 31.1 Å². The van der Waals surface area contributed by atoms with E-state index in [9.17, 15) is 4.39 Å². The quantitative estimate of drug-likeness (QED) is 0.695. The molecule has 3 heterocycles. The summed E-state index contributed by atoms with van der Waals surface area (Å²) in [4.78, 5) is 13.8. The van der Waals surface area contributed by atoms with Crippen LogP contribution in [0.4, 0.5) is 10.2 Å². The maximum Gasteiger partial charge on any atom is 0.163 e. The molecule has 1 fully saturated rings. The predicted octanol–water partition coefficient (Wildman–Crippen LogP) is 3.43. The average Bonchev–Trinajstić information content (AvgIpc) is 2.98. The third-order valence-corrected chi connectivity index (χ3v) is 5.19. The monoisotopic (exact) mass is 382 g/mol. The van der Waals surface area contributed by atoms with Crippen LogP contribution in [0.25, 0.3) is 11.0 Å². The molecular weight excluding hydrogens is 355 g/mol. The fourth-order valence-corrected chi connectivity index (χ4v) is 3.76. The minimum absolute atomic E-state index is 0.127. The molecule has 0 atom stereocenters. The summed E-state index contributed by atoms with van der Waals surface area (Å²) in [7, 11) is 0. The number of nitrogens with zero attached hydrogens (tertiary/aromatic N) is 6. The zero-order valence-electron chi connectivity index (χ0n) is 16.8. The molecule has 6 nitrogen and oxygen atoms in total. The van der Waals surface area contributed by atoms with E-state index >= 15 is 0 Å². The summed E-state index contributed by atoms with van der Waals surface area (Å²) in [6, 6.07) is 6.80. The molecule has 1 aromatic carbocycles. The molecule has 3 aromatic rings. The fraction of sp³-hybridized carbons (Fsp3) is 0.476. The van der Waals surface area contributed by atoms with Gasteiger partial charge in [0.1, 0.15) is 18.0 Å². The van der Waals surface area contributed by atoms with Gasteiger partial charge in [-0.15, -0.1) is 0 Å². The third-order valence-electron chi connectivity index (χ3n) is 5.19. The van der Waals surface area contributed by atoms with Gasteiger partial charge in [0, 0.05) is 32.7 Å². The lowest BCUT2D eigenvalue weighted by Crippen LogP contribution is -2.31. The molecule has 0 spiro atoms. The Morgan fingerprint density at radius 3 is 2.54 bits per heavy atom. The first-order valence-corrected chi connectivity index (χ1v) is 9.83. The molecule has 148 valence electrons. The number of halogens is 1. The van der Waals surface area contributed by atoms with Crippen molar-refractivity contribution < 1.29 is 4.39 Å². The standard InChI is InChI=1S/C21H27FN6/c1-21(2,3)28-20-18(13-25-28)19(23-15-24-20)27-10-4-9-26(11-12-27)14-16-5-7-17(22)8-6-16/h5-8,13,15H,4,9-12,14H2,1-3H3. The SMILES string of the molecule is CC(C)(C)n1ncc2c(N3CCCN(Cc4ccc(F)cc4)CC3)ncnc21. The second-order valence-electron chi connectivity index (χ2n) is 8.40. The summed E-state index contributed by atoms with van der Waals surface area (Å²) in [6.45, 7) is 11.0. The van der Waals surface area contributed by atoms with E-state index in [4.69, 9.17) is 0 Å². The van der Waals surface area contributed by atoms with Gasteiger partial charge >= 0.3 is 0 Å². The number of fused-ring (bicyclic) bond motifs is 1. The van der Waals surface area contributed by atoms with Gasteiger partial charge in [0.15, 0.2) is 5.65 Å². The molecule has 0 radical (unpaired) electrons. The zero-order valence-corrected chi connectivity index (χ0v) is 16.8. The molecule has 0 aliphatic carbocycles. The Hall–Kier alpha value is -2.54. The van der Waals surface area contributed by atoms with Gasteiger partial charge in [0.05, 0.1) is 17.1 Å². The highest BCUT2D eigenvalue weighted by atomic mass is 19.1. The van der Waals surface area contributed by atoms with Gasteiger partial charge in [-0.25, -0.2) is 19.0 Å². The lowest BCUT2D eigenvalue weighted by atomic mass is 10.1. The summed E-state index contributed by atoms with van der Waals surface area (Å²) in [6.07, 6.45) is 4.58. The van der Waals surface area contributed by atoms with Crippen LogP contribution in [-0.2, 0) is 12.1 Å². The number of hydrogen-bond acceptors (Lipinski definition) is 5. The van der Waals surface area contributed by atoms with E-state index < -0.39 is 0 Å². The molecule has 0 N–H and O–H groups in total. The van der Waals surface area contributed by atoms with E-state index in [1.54, 1.807) is 6.33 Å². The van der Waals surface area contributed by atoms with Gasteiger partial charge in [-0.1, -0.05) is 12.1 Å². The Morgan fingerprint density at radius 2 is 1.79 bits per heavy atom. The van der Waals surface area contributed by atoms with Crippen LogP contribution in [0, 0.1) is 5.82 Å². The van der Waals surface area contributed by atoms with Crippen LogP contribution >= 0.6 is 0 Å². The van der Waals surface area contributed by atoms with Gasteiger partial charge in [0.25, 0.3) is 0 Å². The van der Waals surface area contributed by atoms with Gasteiger partial charge < -0.3 is 4.90 Å². The van der Waals surface area contributed by atoms with Crippen molar-refractivity contribution in [2.45, 2.75) is 39.3 Å². The predicted molar refractivity (Wildman–Crippen MR) is 109 cm³/mol. The van der Waals surface area contributed by atoms with Crippen LogP contribution in [0.5, 0.6) is 0 Å². The normalized spacial score (nSPS) is 16.5. The Balaban J connectivity index is 1.51. The first-order chi connectivity index (χ1) is 13.4. The number of hydrogen-bond donors (Lipinski definition) is 0. The largest absolute Gasteiger partial charge is 0.355 e. The highest BCUT2D eigenvalue weighted by Gasteiger charge is 2.23. The molecule has 0 bridgehead atoms. The maximum atomic E-state index is 13.1. The first-order valence-electron chi connectivity index (χ1n) is 9.83. The summed E-state index contributed by atoms with van der Waals surface area (Å²) in [5.74, 6) is 0.776. The fourth-order valence-electron chi connectivity index (χ4n) is 3.76. The van der Waals surface area contributed by atoms with Crippen molar-refractivity contribution >= 4 is 16.9 Å². The van der Waals surface area contributed by atoms with E-state index in [2.05, 4.69) is 45.6 Å².